The molecule has 108 valence electrons. The molecule has 3 atom stereocenters. The minimum Gasteiger partial charge on any atom is -0.479 e. The molecule has 0 saturated carbocycles. The molecule has 3 rings (SSSR count). The number of aromatic nitrogens is 4. The third-order valence-electron chi connectivity index (χ3n) is 3.69. The summed E-state index contributed by atoms with van der Waals surface area (Å²) in [6, 6.07) is 0.191. The van der Waals surface area contributed by atoms with Crippen molar-refractivity contribution in [3.05, 3.63) is 12.2 Å². The van der Waals surface area contributed by atoms with Gasteiger partial charge in [0, 0.05) is 6.61 Å². The maximum absolute atomic E-state index is 6.29. The highest BCUT2D eigenvalue weighted by Crippen LogP contribution is 2.35. The van der Waals surface area contributed by atoms with E-state index in [1.165, 1.54) is 6.33 Å². The summed E-state index contributed by atoms with van der Waals surface area (Å²) in [5, 5.41) is -0.221. The molecule has 0 radical (unpaired) electrons. The molecule has 1 fully saturated rings. The summed E-state index contributed by atoms with van der Waals surface area (Å²) in [5.74, 6) is 1.25. The van der Waals surface area contributed by atoms with E-state index in [1.807, 2.05) is 6.92 Å². The van der Waals surface area contributed by atoms with E-state index in [9.17, 15) is 0 Å². The smallest absolute Gasteiger partial charge is 0.245 e. The molecule has 20 heavy (non-hydrogen) atoms. The first kappa shape index (κ1) is 13.6. The van der Waals surface area contributed by atoms with Gasteiger partial charge in [0.05, 0.1) is 24.6 Å². The fraction of sp³-hybridized carbons (Fsp3) is 0.615. The zero-order chi connectivity index (χ0) is 14.3. The predicted molar refractivity (Wildman–Crippen MR) is 75.2 cm³/mol. The summed E-state index contributed by atoms with van der Waals surface area (Å²) in [4.78, 5) is 13.1. The molecule has 1 aliphatic heterocycles. The van der Waals surface area contributed by atoms with Crippen LogP contribution in [0, 0.1) is 0 Å². The number of fused-ring (bicyclic) bond motifs is 1. The van der Waals surface area contributed by atoms with Crippen molar-refractivity contribution >= 4 is 22.8 Å². The quantitative estimate of drug-likeness (QED) is 0.814. The van der Waals surface area contributed by atoms with Crippen molar-refractivity contribution in [1.29, 1.82) is 0 Å². The Bertz CT molecular complexity index is 628. The van der Waals surface area contributed by atoms with Gasteiger partial charge < -0.3 is 14.0 Å². The number of rotatable bonds is 3. The van der Waals surface area contributed by atoms with E-state index in [0.29, 0.717) is 11.4 Å². The number of halogens is 1. The summed E-state index contributed by atoms with van der Waals surface area (Å²) in [6.45, 7) is 4.70. The van der Waals surface area contributed by atoms with Gasteiger partial charge in [-0.25, -0.2) is 9.97 Å². The van der Waals surface area contributed by atoms with E-state index in [-0.39, 0.29) is 17.5 Å². The summed E-state index contributed by atoms with van der Waals surface area (Å²) in [6.07, 6.45) is 2.53. The molecule has 2 aromatic rings. The molecule has 7 heteroatoms. The van der Waals surface area contributed by atoms with E-state index >= 15 is 0 Å². The SMILES string of the molecule is COc1ncnc2c1nc(C(C)Cl)n2C1CCOC1C. The molecule has 6 nitrogen and oxygen atoms in total. The highest BCUT2D eigenvalue weighted by molar-refractivity contribution is 6.20. The van der Waals surface area contributed by atoms with Gasteiger partial charge in [0.25, 0.3) is 0 Å². The lowest BCUT2D eigenvalue weighted by Crippen LogP contribution is -2.19. The first-order valence-corrected chi connectivity index (χ1v) is 7.09. The largest absolute Gasteiger partial charge is 0.479 e. The van der Waals surface area contributed by atoms with E-state index in [4.69, 9.17) is 21.1 Å². The number of imidazole rings is 1. The molecular weight excluding hydrogens is 280 g/mol. The van der Waals surface area contributed by atoms with E-state index in [0.717, 1.165) is 24.5 Å². The summed E-state index contributed by atoms with van der Waals surface area (Å²) in [5.41, 5.74) is 1.40. The van der Waals surface area contributed by atoms with E-state index in [2.05, 4.69) is 26.4 Å². The Labute approximate surface area is 122 Å². The molecule has 0 aromatic carbocycles. The Morgan fingerprint density at radius 1 is 1.50 bits per heavy atom. The van der Waals surface area contributed by atoms with E-state index in [1.54, 1.807) is 7.11 Å². The highest BCUT2D eigenvalue weighted by Gasteiger charge is 2.31. The standard InChI is InChI=1S/C13H17ClN4O2/c1-7(14)11-17-10-12(15-6-16-13(10)19-3)18(11)9-4-5-20-8(9)2/h6-9H,4-5H2,1-3H3. The van der Waals surface area contributed by atoms with Gasteiger partial charge in [0.2, 0.25) is 5.88 Å². The average molecular weight is 297 g/mol. The minimum absolute atomic E-state index is 0.113. The summed E-state index contributed by atoms with van der Waals surface area (Å²) in [7, 11) is 1.58. The topological polar surface area (TPSA) is 62.1 Å². The lowest BCUT2D eigenvalue weighted by atomic mass is 10.1. The van der Waals surface area contributed by atoms with Crippen LogP contribution in [0.2, 0.25) is 0 Å². The van der Waals surface area contributed by atoms with Crippen LogP contribution < -0.4 is 4.74 Å². The Balaban J connectivity index is 2.24. The van der Waals surface area contributed by atoms with Crippen molar-refractivity contribution in [3.8, 4) is 5.88 Å². The molecule has 3 heterocycles. The van der Waals surface area contributed by atoms with Gasteiger partial charge >= 0.3 is 0 Å². The fourth-order valence-corrected chi connectivity index (χ4v) is 2.88. The molecule has 1 saturated heterocycles. The monoisotopic (exact) mass is 296 g/mol. The molecule has 0 bridgehead atoms. The molecule has 1 aliphatic rings. The summed E-state index contributed by atoms with van der Waals surface area (Å²) >= 11 is 6.29. The molecule has 3 unspecified atom stereocenters. The van der Waals surface area contributed by atoms with E-state index < -0.39 is 0 Å². The number of ether oxygens (including phenoxy) is 2. The van der Waals surface area contributed by atoms with Crippen molar-refractivity contribution in [1.82, 2.24) is 19.5 Å². The lowest BCUT2D eigenvalue weighted by Gasteiger charge is -2.19. The minimum atomic E-state index is -0.221. The van der Waals surface area contributed by atoms with Gasteiger partial charge in [0.1, 0.15) is 12.2 Å². The van der Waals surface area contributed by atoms with Crippen LogP contribution >= 0.6 is 11.6 Å². The predicted octanol–water partition coefficient (Wildman–Crippen LogP) is 2.48. The lowest BCUT2D eigenvalue weighted by molar-refractivity contribution is 0.108. The van der Waals surface area contributed by atoms with Crippen LogP contribution in [0.25, 0.3) is 11.2 Å². The van der Waals surface area contributed by atoms with Gasteiger partial charge in [-0.05, 0) is 20.3 Å². The average Bonchev–Trinajstić information content (AvgIpc) is 3.01. The Hall–Kier alpha value is -1.40. The number of nitrogens with zero attached hydrogens (tertiary/aromatic N) is 4. The third kappa shape index (κ3) is 2.03. The van der Waals surface area contributed by atoms with Crippen LogP contribution in [0.15, 0.2) is 6.33 Å². The van der Waals surface area contributed by atoms with Gasteiger partial charge in [-0.15, -0.1) is 11.6 Å². The second-order valence-corrected chi connectivity index (χ2v) is 5.60. The summed E-state index contributed by atoms with van der Waals surface area (Å²) < 4.78 is 13.0. The highest BCUT2D eigenvalue weighted by atomic mass is 35.5. The van der Waals surface area contributed by atoms with Gasteiger partial charge in [-0.2, -0.15) is 4.98 Å². The zero-order valence-electron chi connectivity index (χ0n) is 11.7. The number of hydrogen-bond donors (Lipinski definition) is 0. The van der Waals surface area contributed by atoms with Crippen LogP contribution in [0.4, 0.5) is 0 Å². The molecular formula is C13H17ClN4O2. The zero-order valence-corrected chi connectivity index (χ0v) is 12.5. The van der Waals surface area contributed by atoms with Gasteiger partial charge in [-0.1, -0.05) is 0 Å². The number of methoxy groups -OCH3 is 1. The Morgan fingerprint density at radius 2 is 2.30 bits per heavy atom. The molecule has 0 spiro atoms. The molecule has 0 N–H and O–H groups in total. The Kier molecular flexibility index (Phi) is 3.52. The second-order valence-electron chi connectivity index (χ2n) is 4.94. The van der Waals surface area contributed by atoms with Crippen LogP contribution in [-0.2, 0) is 4.74 Å². The number of alkyl halides is 1. The van der Waals surface area contributed by atoms with Crippen LogP contribution in [-0.4, -0.2) is 39.3 Å². The van der Waals surface area contributed by atoms with Crippen LogP contribution in [0.3, 0.4) is 0 Å². The second kappa shape index (κ2) is 5.18. The van der Waals surface area contributed by atoms with Crippen molar-refractivity contribution in [3.63, 3.8) is 0 Å². The van der Waals surface area contributed by atoms with Crippen molar-refractivity contribution in [2.75, 3.05) is 13.7 Å². The molecule has 0 amide bonds. The first-order valence-electron chi connectivity index (χ1n) is 6.66. The molecule has 0 aliphatic carbocycles. The van der Waals surface area contributed by atoms with Crippen molar-refractivity contribution < 1.29 is 9.47 Å². The third-order valence-corrected chi connectivity index (χ3v) is 3.88. The Morgan fingerprint density at radius 3 is 2.90 bits per heavy atom. The first-order chi connectivity index (χ1) is 9.63. The molecule has 2 aromatic heterocycles. The maximum Gasteiger partial charge on any atom is 0.245 e. The van der Waals surface area contributed by atoms with Crippen molar-refractivity contribution in [2.45, 2.75) is 37.8 Å². The van der Waals surface area contributed by atoms with Crippen molar-refractivity contribution in [2.24, 2.45) is 0 Å². The van der Waals surface area contributed by atoms with Crippen LogP contribution in [0.1, 0.15) is 37.5 Å². The normalized spacial score (nSPS) is 24.2. The van der Waals surface area contributed by atoms with Gasteiger partial charge in [0.15, 0.2) is 11.2 Å². The van der Waals surface area contributed by atoms with Crippen LogP contribution in [0.5, 0.6) is 5.88 Å². The number of hydrogen-bond acceptors (Lipinski definition) is 5. The fourth-order valence-electron chi connectivity index (χ4n) is 2.72. The maximum atomic E-state index is 6.29. The van der Waals surface area contributed by atoms with Gasteiger partial charge in [-0.3, -0.25) is 0 Å².